The maximum atomic E-state index is 15.0. The lowest BCUT2D eigenvalue weighted by Crippen LogP contribution is -2.54. The standard InChI is InChI=1S/C26H27FN6O3/c1-4-36-26(34)31-11-12-32(17(2)14-31)24-23-20(19-7-5-6-8-21(19)27)15-33(25(23)30-16-29-24)22-13-18(35-3)9-10-28-22/h5-10,13,15-17H,4,11-12,14H2,1-3H3/t17-/m0/s1. The third-order valence-electron chi connectivity index (χ3n) is 6.35. The number of carbonyl (C=O) groups excluding carboxylic acids is 1. The molecule has 9 nitrogen and oxygen atoms in total. The van der Waals surface area contributed by atoms with E-state index in [-0.39, 0.29) is 18.0 Å². The van der Waals surface area contributed by atoms with Gasteiger partial charge in [0, 0.05) is 55.3 Å². The van der Waals surface area contributed by atoms with Crippen molar-refractivity contribution in [3.63, 3.8) is 0 Å². The van der Waals surface area contributed by atoms with E-state index < -0.39 is 0 Å². The zero-order valence-corrected chi connectivity index (χ0v) is 20.4. The number of aromatic nitrogens is 4. The van der Waals surface area contributed by atoms with Crippen LogP contribution in [0.25, 0.3) is 28.0 Å². The summed E-state index contributed by atoms with van der Waals surface area (Å²) in [7, 11) is 1.59. The van der Waals surface area contributed by atoms with Crippen LogP contribution in [0.5, 0.6) is 5.75 Å². The largest absolute Gasteiger partial charge is 0.497 e. The molecule has 1 fully saturated rings. The number of pyridine rings is 1. The minimum Gasteiger partial charge on any atom is -0.497 e. The van der Waals surface area contributed by atoms with E-state index in [1.165, 1.54) is 12.4 Å². The lowest BCUT2D eigenvalue weighted by atomic mass is 10.0. The van der Waals surface area contributed by atoms with Crippen LogP contribution < -0.4 is 9.64 Å². The summed E-state index contributed by atoms with van der Waals surface area (Å²) in [6.45, 7) is 5.67. The maximum absolute atomic E-state index is 15.0. The number of rotatable bonds is 5. The number of anilines is 1. The Morgan fingerprint density at radius 1 is 1.14 bits per heavy atom. The number of nitrogens with zero attached hydrogens (tertiary/aromatic N) is 6. The van der Waals surface area contributed by atoms with Crippen molar-refractivity contribution in [2.45, 2.75) is 19.9 Å². The Hall–Kier alpha value is -4.21. The second kappa shape index (κ2) is 9.80. The van der Waals surface area contributed by atoms with Crippen LogP contribution in [0.1, 0.15) is 13.8 Å². The first-order chi connectivity index (χ1) is 17.5. The van der Waals surface area contributed by atoms with Crippen molar-refractivity contribution in [1.29, 1.82) is 0 Å². The molecule has 0 bridgehead atoms. The number of amides is 1. The van der Waals surface area contributed by atoms with E-state index in [0.717, 1.165) is 0 Å². The van der Waals surface area contributed by atoms with Crippen molar-refractivity contribution in [2.24, 2.45) is 0 Å². The highest BCUT2D eigenvalue weighted by Crippen LogP contribution is 2.38. The third kappa shape index (κ3) is 4.19. The summed E-state index contributed by atoms with van der Waals surface area (Å²) in [6, 6.07) is 10.2. The number of benzene rings is 1. The molecule has 0 saturated carbocycles. The highest BCUT2D eigenvalue weighted by Gasteiger charge is 2.31. The molecule has 0 spiro atoms. The summed E-state index contributed by atoms with van der Waals surface area (Å²) in [4.78, 5) is 29.8. The number of piperazine rings is 1. The number of methoxy groups -OCH3 is 1. The van der Waals surface area contributed by atoms with Crippen LogP contribution in [-0.4, -0.2) is 69.9 Å². The zero-order valence-electron chi connectivity index (χ0n) is 20.4. The Balaban J connectivity index is 1.66. The fraction of sp³-hybridized carbons (Fsp3) is 0.308. The molecule has 4 heterocycles. The second-order valence-corrected chi connectivity index (χ2v) is 8.53. The highest BCUT2D eigenvalue weighted by atomic mass is 19.1. The van der Waals surface area contributed by atoms with Crippen molar-refractivity contribution in [1.82, 2.24) is 24.4 Å². The molecule has 1 amide bonds. The lowest BCUT2D eigenvalue weighted by Gasteiger charge is -2.40. The van der Waals surface area contributed by atoms with Gasteiger partial charge in [-0.05, 0) is 26.0 Å². The fourth-order valence-electron chi connectivity index (χ4n) is 4.63. The summed E-state index contributed by atoms with van der Waals surface area (Å²) < 4.78 is 27.4. The van der Waals surface area contributed by atoms with Crippen LogP contribution >= 0.6 is 0 Å². The van der Waals surface area contributed by atoms with Gasteiger partial charge >= 0.3 is 6.09 Å². The van der Waals surface area contributed by atoms with E-state index in [9.17, 15) is 4.79 Å². The first kappa shape index (κ1) is 23.5. The van der Waals surface area contributed by atoms with Crippen LogP contribution in [0.2, 0.25) is 0 Å². The summed E-state index contributed by atoms with van der Waals surface area (Å²) in [6.07, 6.45) is 4.67. The molecule has 0 N–H and O–H groups in total. The number of hydrogen-bond donors (Lipinski definition) is 0. The van der Waals surface area contributed by atoms with Crippen molar-refractivity contribution in [2.75, 3.05) is 38.3 Å². The molecule has 1 saturated heterocycles. The van der Waals surface area contributed by atoms with Crippen LogP contribution in [-0.2, 0) is 4.74 Å². The molecule has 3 aromatic heterocycles. The SMILES string of the molecule is CCOC(=O)N1CCN(c2ncnc3c2c(-c2ccccc2F)cn3-c2cc(OC)ccn2)[C@@H](C)C1. The molecule has 0 radical (unpaired) electrons. The molecule has 1 aliphatic heterocycles. The quantitative estimate of drug-likeness (QED) is 0.412. The fourth-order valence-corrected chi connectivity index (χ4v) is 4.63. The van der Waals surface area contributed by atoms with Crippen LogP contribution in [0.4, 0.5) is 15.0 Å². The Labute approximate surface area is 208 Å². The Morgan fingerprint density at radius 3 is 2.72 bits per heavy atom. The normalized spacial score (nSPS) is 15.8. The average molecular weight is 491 g/mol. The number of hydrogen-bond acceptors (Lipinski definition) is 7. The molecule has 1 aromatic carbocycles. The summed E-state index contributed by atoms with van der Waals surface area (Å²) in [5.41, 5.74) is 1.69. The minimum absolute atomic E-state index is 0.0481. The van der Waals surface area contributed by atoms with Crippen molar-refractivity contribution in [3.8, 4) is 22.7 Å². The topological polar surface area (TPSA) is 85.6 Å². The van der Waals surface area contributed by atoms with Gasteiger partial charge in [0.25, 0.3) is 0 Å². The Kier molecular flexibility index (Phi) is 6.41. The number of carbonyl (C=O) groups is 1. The van der Waals surface area contributed by atoms with Gasteiger partial charge in [-0.3, -0.25) is 4.57 Å². The van der Waals surface area contributed by atoms with E-state index in [2.05, 4.69) is 19.9 Å². The number of fused-ring (bicyclic) bond motifs is 1. The molecule has 5 rings (SSSR count). The van der Waals surface area contributed by atoms with Gasteiger partial charge in [0.1, 0.15) is 29.5 Å². The van der Waals surface area contributed by atoms with E-state index >= 15 is 4.39 Å². The predicted molar refractivity (Wildman–Crippen MR) is 134 cm³/mol. The van der Waals surface area contributed by atoms with Crippen LogP contribution in [0, 0.1) is 5.82 Å². The average Bonchev–Trinajstić information content (AvgIpc) is 3.29. The molecule has 186 valence electrons. The summed E-state index contributed by atoms with van der Waals surface area (Å²) >= 11 is 0. The predicted octanol–water partition coefficient (Wildman–Crippen LogP) is 4.30. The van der Waals surface area contributed by atoms with E-state index in [0.29, 0.717) is 65.8 Å². The minimum atomic E-state index is -0.342. The van der Waals surface area contributed by atoms with E-state index in [1.807, 2.05) is 17.7 Å². The van der Waals surface area contributed by atoms with Gasteiger partial charge in [-0.15, -0.1) is 0 Å². The summed E-state index contributed by atoms with van der Waals surface area (Å²) in [5.74, 6) is 1.57. The van der Waals surface area contributed by atoms with Crippen molar-refractivity contribution >= 4 is 22.9 Å². The van der Waals surface area contributed by atoms with E-state index in [1.54, 1.807) is 55.5 Å². The molecule has 4 aromatic rings. The Morgan fingerprint density at radius 2 is 1.97 bits per heavy atom. The second-order valence-electron chi connectivity index (χ2n) is 8.53. The van der Waals surface area contributed by atoms with Gasteiger partial charge in [0.05, 0.1) is 19.1 Å². The van der Waals surface area contributed by atoms with Gasteiger partial charge < -0.3 is 19.3 Å². The van der Waals surface area contributed by atoms with Gasteiger partial charge in [0.15, 0.2) is 5.65 Å². The molecule has 0 unspecified atom stereocenters. The summed E-state index contributed by atoms with van der Waals surface area (Å²) in [5, 5.41) is 0.712. The highest BCUT2D eigenvalue weighted by molar-refractivity contribution is 6.02. The zero-order chi connectivity index (χ0) is 25.2. The lowest BCUT2D eigenvalue weighted by molar-refractivity contribution is 0.100. The van der Waals surface area contributed by atoms with Crippen molar-refractivity contribution in [3.05, 3.63) is 60.9 Å². The molecule has 1 atom stereocenters. The molecular weight excluding hydrogens is 463 g/mol. The Bertz CT molecular complexity index is 1410. The molecule has 0 aliphatic carbocycles. The molecular formula is C26H27FN6O3. The monoisotopic (exact) mass is 490 g/mol. The first-order valence-corrected chi connectivity index (χ1v) is 11.8. The number of halogens is 1. The van der Waals surface area contributed by atoms with Crippen molar-refractivity contribution < 1.29 is 18.7 Å². The van der Waals surface area contributed by atoms with Gasteiger partial charge in [-0.25, -0.2) is 24.1 Å². The van der Waals surface area contributed by atoms with Crippen LogP contribution in [0.15, 0.2) is 55.1 Å². The molecule has 10 heteroatoms. The van der Waals surface area contributed by atoms with Gasteiger partial charge in [-0.2, -0.15) is 0 Å². The number of ether oxygens (including phenoxy) is 2. The molecule has 1 aliphatic rings. The molecule has 36 heavy (non-hydrogen) atoms. The van der Waals surface area contributed by atoms with Gasteiger partial charge in [0.2, 0.25) is 0 Å². The smallest absolute Gasteiger partial charge is 0.409 e. The maximum Gasteiger partial charge on any atom is 0.409 e. The van der Waals surface area contributed by atoms with E-state index in [4.69, 9.17) is 9.47 Å². The van der Waals surface area contributed by atoms with Gasteiger partial charge in [-0.1, -0.05) is 18.2 Å². The third-order valence-corrected chi connectivity index (χ3v) is 6.35. The first-order valence-electron chi connectivity index (χ1n) is 11.8. The van der Waals surface area contributed by atoms with Crippen LogP contribution in [0.3, 0.4) is 0 Å².